The molecule has 1 fully saturated rings. The van der Waals surface area contributed by atoms with Crippen LogP contribution in [0, 0.1) is 0 Å². The number of aromatic nitrogens is 4. The summed E-state index contributed by atoms with van der Waals surface area (Å²) in [4.78, 5) is 7.16. The molecule has 0 aromatic carbocycles. The van der Waals surface area contributed by atoms with Gasteiger partial charge in [-0.15, -0.1) is 10.2 Å². The Morgan fingerprint density at radius 3 is 3.05 bits per heavy atom. The van der Waals surface area contributed by atoms with Crippen LogP contribution >= 0.6 is 11.3 Å². The quantitative estimate of drug-likeness (QED) is 0.928. The Hall–Kier alpha value is -1.47. The summed E-state index contributed by atoms with van der Waals surface area (Å²) in [6, 6.07) is 0.592. The van der Waals surface area contributed by atoms with Gasteiger partial charge in [-0.05, 0) is 32.1 Å². The molecule has 2 aromatic rings. The van der Waals surface area contributed by atoms with Crippen molar-refractivity contribution in [2.24, 2.45) is 0 Å². The van der Waals surface area contributed by atoms with E-state index in [2.05, 4.69) is 31.0 Å². The van der Waals surface area contributed by atoms with Crippen molar-refractivity contribution in [2.75, 3.05) is 25.4 Å². The van der Waals surface area contributed by atoms with Crippen LogP contribution in [0.25, 0.3) is 0 Å². The van der Waals surface area contributed by atoms with Gasteiger partial charge in [-0.3, -0.25) is 0 Å². The number of aryl methyl sites for hydroxylation is 1. The molecular formula is C15H22N6S. The van der Waals surface area contributed by atoms with Crippen molar-refractivity contribution in [3.05, 3.63) is 22.7 Å². The van der Waals surface area contributed by atoms with Crippen LogP contribution in [0.2, 0.25) is 0 Å². The van der Waals surface area contributed by atoms with E-state index >= 15 is 0 Å². The Labute approximate surface area is 134 Å². The number of rotatable bonds is 4. The van der Waals surface area contributed by atoms with E-state index in [4.69, 9.17) is 5.73 Å². The number of fused-ring (bicyclic) bond motifs is 1. The van der Waals surface area contributed by atoms with E-state index in [9.17, 15) is 0 Å². The van der Waals surface area contributed by atoms with Crippen LogP contribution in [-0.2, 0) is 19.3 Å². The Balaban J connectivity index is 1.37. The van der Waals surface area contributed by atoms with E-state index in [0.29, 0.717) is 11.2 Å². The molecule has 1 saturated heterocycles. The number of nitrogens with zero attached hydrogens (tertiary/aromatic N) is 5. The van der Waals surface area contributed by atoms with Crippen molar-refractivity contribution in [3.63, 3.8) is 0 Å². The van der Waals surface area contributed by atoms with Gasteiger partial charge < -0.3 is 15.2 Å². The summed E-state index contributed by atoms with van der Waals surface area (Å²) < 4.78 is 2.46. The minimum atomic E-state index is 0.569. The second kappa shape index (κ2) is 5.96. The fraction of sp³-hybridized carbons (Fsp3) is 0.667. The summed E-state index contributed by atoms with van der Waals surface area (Å²) in [7, 11) is 0. The number of anilines is 1. The van der Waals surface area contributed by atoms with E-state index in [-0.39, 0.29) is 0 Å². The highest BCUT2D eigenvalue weighted by molar-refractivity contribution is 7.15. The first-order valence-electron chi connectivity index (χ1n) is 8.14. The summed E-state index contributed by atoms with van der Waals surface area (Å²) in [5.41, 5.74) is 8.47. The Morgan fingerprint density at radius 2 is 2.18 bits per heavy atom. The van der Waals surface area contributed by atoms with Gasteiger partial charge in [0.25, 0.3) is 0 Å². The maximum Gasteiger partial charge on any atom is 0.203 e. The highest BCUT2D eigenvalue weighted by atomic mass is 32.1. The highest BCUT2D eigenvalue weighted by Crippen LogP contribution is 2.28. The molecule has 0 amide bonds. The maximum atomic E-state index is 5.63. The molecule has 2 aromatic heterocycles. The summed E-state index contributed by atoms with van der Waals surface area (Å²) in [5.74, 6) is 0. The van der Waals surface area contributed by atoms with Crippen LogP contribution in [0.1, 0.15) is 41.7 Å². The summed E-state index contributed by atoms with van der Waals surface area (Å²) in [6.45, 7) is 3.32. The molecule has 1 aliphatic heterocycles. The van der Waals surface area contributed by atoms with Gasteiger partial charge in [-0.1, -0.05) is 11.3 Å². The van der Waals surface area contributed by atoms with Crippen LogP contribution < -0.4 is 5.73 Å². The highest BCUT2D eigenvalue weighted by Gasteiger charge is 2.27. The molecule has 1 aliphatic carbocycles. The van der Waals surface area contributed by atoms with Crippen LogP contribution in [-0.4, -0.2) is 44.3 Å². The monoisotopic (exact) mass is 318 g/mol. The lowest BCUT2D eigenvalue weighted by Crippen LogP contribution is -2.24. The number of nitrogens with two attached hydrogens (primary N) is 1. The van der Waals surface area contributed by atoms with E-state index in [1.165, 1.54) is 48.4 Å². The predicted molar refractivity (Wildman–Crippen MR) is 87.0 cm³/mol. The SMILES string of the molecule is Nc1nnc(CCN2CC[C@H](n3cnc4c3CCCC4)C2)s1. The molecule has 0 radical (unpaired) electrons. The molecule has 4 rings (SSSR count). The second-order valence-corrected chi connectivity index (χ2v) is 7.37. The third kappa shape index (κ3) is 2.75. The Bertz CT molecular complexity index is 648. The fourth-order valence-electron chi connectivity index (χ4n) is 3.67. The third-order valence-electron chi connectivity index (χ3n) is 4.83. The normalized spacial score (nSPS) is 22.1. The summed E-state index contributed by atoms with van der Waals surface area (Å²) >= 11 is 1.50. The van der Waals surface area contributed by atoms with Crippen molar-refractivity contribution in [1.29, 1.82) is 0 Å². The zero-order valence-electron chi connectivity index (χ0n) is 12.7. The minimum absolute atomic E-state index is 0.569. The predicted octanol–water partition coefficient (Wildman–Crippen LogP) is 1.69. The van der Waals surface area contributed by atoms with Crippen molar-refractivity contribution < 1.29 is 0 Å². The standard InChI is InChI=1S/C15H22N6S/c16-15-19-18-14(22-15)6-8-20-7-5-11(9-20)21-10-17-12-3-1-2-4-13(12)21/h10-11H,1-9H2,(H2,16,19)/t11-/m0/s1. The lowest BCUT2D eigenvalue weighted by molar-refractivity contribution is 0.326. The van der Waals surface area contributed by atoms with E-state index in [1.54, 1.807) is 0 Å². The zero-order chi connectivity index (χ0) is 14.9. The molecule has 118 valence electrons. The van der Waals surface area contributed by atoms with Gasteiger partial charge in [0.2, 0.25) is 5.13 Å². The maximum absolute atomic E-state index is 5.63. The molecule has 6 nitrogen and oxygen atoms in total. The number of hydrogen-bond donors (Lipinski definition) is 1. The first-order valence-corrected chi connectivity index (χ1v) is 8.96. The van der Waals surface area contributed by atoms with Crippen LogP contribution in [0.3, 0.4) is 0 Å². The van der Waals surface area contributed by atoms with Gasteiger partial charge in [0.15, 0.2) is 0 Å². The molecule has 0 unspecified atom stereocenters. The lowest BCUT2D eigenvalue weighted by Gasteiger charge is -2.20. The molecule has 2 aliphatic rings. The van der Waals surface area contributed by atoms with Crippen molar-refractivity contribution in [3.8, 4) is 0 Å². The minimum Gasteiger partial charge on any atom is -0.374 e. The second-order valence-electron chi connectivity index (χ2n) is 6.28. The van der Waals surface area contributed by atoms with Gasteiger partial charge in [0.05, 0.1) is 12.0 Å². The van der Waals surface area contributed by atoms with E-state index in [1.807, 2.05) is 0 Å². The average Bonchev–Trinajstić information content (AvgIpc) is 3.23. The van der Waals surface area contributed by atoms with Gasteiger partial charge in [-0.2, -0.15) is 0 Å². The molecular weight excluding hydrogens is 296 g/mol. The van der Waals surface area contributed by atoms with Gasteiger partial charge >= 0.3 is 0 Å². The topological polar surface area (TPSA) is 72.9 Å². The van der Waals surface area contributed by atoms with Crippen LogP contribution in [0.4, 0.5) is 5.13 Å². The number of hydrogen-bond acceptors (Lipinski definition) is 6. The van der Waals surface area contributed by atoms with E-state index in [0.717, 1.165) is 37.5 Å². The smallest absolute Gasteiger partial charge is 0.203 e. The summed E-state index contributed by atoms with van der Waals surface area (Å²) in [6.07, 6.45) is 9.23. The first-order chi connectivity index (χ1) is 10.8. The van der Waals surface area contributed by atoms with Gasteiger partial charge in [-0.25, -0.2) is 4.98 Å². The number of likely N-dealkylation sites (tertiary alicyclic amines) is 1. The third-order valence-corrected chi connectivity index (χ3v) is 5.64. The molecule has 3 heterocycles. The zero-order valence-corrected chi connectivity index (χ0v) is 13.6. The summed E-state index contributed by atoms with van der Waals surface area (Å²) in [5, 5.41) is 9.60. The first kappa shape index (κ1) is 14.1. The molecule has 22 heavy (non-hydrogen) atoms. The van der Waals surface area contributed by atoms with Crippen LogP contribution in [0.5, 0.6) is 0 Å². The molecule has 7 heteroatoms. The average molecular weight is 318 g/mol. The van der Waals surface area contributed by atoms with Gasteiger partial charge in [0, 0.05) is 37.8 Å². The largest absolute Gasteiger partial charge is 0.374 e. The number of nitrogen functional groups attached to an aromatic ring is 1. The van der Waals surface area contributed by atoms with Gasteiger partial charge in [0.1, 0.15) is 5.01 Å². The van der Waals surface area contributed by atoms with Crippen LogP contribution in [0.15, 0.2) is 6.33 Å². The van der Waals surface area contributed by atoms with Crippen molar-refractivity contribution >= 4 is 16.5 Å². The molecule has 0 saturated carbocycles. The fourth-order valence-corrected chi connectivity index (χ4v) is 4.27. The molecule has 1 atom stereocenters. The molecule has 0 spiro atoms. The van der Waals surface area contributed by atoms with Crippen molar-refractivity contribution in [2.45, 2.75) is 44.6 Å². The Kier molecular flexibility index (Phi) is 3.83. The number of imidazole rings is 1. The van der Waals surface area contributed by atoms with Crippen molar-refractivity contribution in [1.82, 2.24) is 24.6 Å². The van der Waals surface area contributed by atoms with E-state index < -0.39 is 0 Å². The lowest BCUT2D eigenvalue weighted by atomic mass is 10.0. The molecule has 0 bridgehead atoms. The molecule has 2 N–H and O–H groups in total. The Morgan fingerprint density at radius 1 is 1.27 bits per heavy atom.